The highest BCUT2D eigenvalue weighted by molar-refractivity contribution is 7.21. The van der Waals surface area contributed by atoms with Crippen LogP contribution >= 0.6 is 22.7 Å². The number of nitrogens with zero attached hydrogens (tertiary/aromatic N) is 1. The van der Waals surface area contributed by atoms with E-state index < -0.39 is 0 Å². The van der Waals surface area contributed by atoms with Gasteiger partial charge in [-0.15, -0.1) is 22.7 Å². The van der Waals surface area contributed by atoms with E-state index >= 15 is 0 Å². The third-order valence-electron chi connectivity index (χ3n) is 1.86. The zero-order valence-corrected chi connectivity index (χ0v) is 9.95. The number of thiazole rings is 1. The van der Waals surface area contributed by atoms with Gasteiger partial charge < -0.3 is 4.74 Å². The minimum absolute atomic E-state index is 0.372. The molecule has 15 heavy (non-hydrogen) atoms. The second-order valence-electron chi connectivity index (χ2n) is 2.88. The summed E-state index contributed by atoms with van der Waals surface area (Å²) >= 11 is 3.11. The summed E-state index contributed by atoms with van der Waals surface area (Å²) in [5.41, 5.74) is 0.419. The first-order chi connectivity index (χ1) is 7.22. The van der Waals surface area contributed by atoms with Gasteiger partial charge >= 0.3 is 5.97 Å². The van der Waals surface area contributed by atoms with Gasteiger partial charge in [0.1, 0.15) is 0 Å². The van der Waals surface area contributed by atoms with Crippen molar-refractivity contribution in [3.05, 3.63) is 28.2 Å². The third kappa shape index (κ3) is 1.93. The molecule has 2 rings (SSSR count). The van der Waals surface area contributed by atoms with E-state index in [0.717, 1.165) is 14.8 Å². The van der Waals surface area contributed by atoms with E-state index in [1.807, 2.05) is 24.4 Å². The molecule has 0 aromatic carbocycles. The van der Waals surface area contributed by atoms with Crippen LogP contribution in [0.3, 0.4) is 0 Å². The molecule has 0 aliphatic carbocycles. The maximum atomic E-state index is 11.5. The number of aromatic nitrogens is 1. The summed E-state index contributed by atoms with van der Waals surface area (Å²) in [7, 11) is 1.37. The summed E-state index contributed by atoms with van der Waals surface area (Å²) in [6.45, 7) is 1.88. The molecule has 0 aliphatic heterocycles. The minimum Gasteiger partial charge on any atom is -0.464 e. The fraction of sp³-hybridized carbons (Fsp3) is 0.200. The van der Waals surface area contributed by atoms with Crippen LogP contribution in [-0.2, 0) is 4.74 Å². The summed E-state index contributed by atoms with van der Waals surface area (Å²) < 4.78 is 4.70. The maximum absolute atomic E-state index is 11.5. The molecule has 0 fully saturated rings. The van der Waals surface area contributed by atoms with Crippen LogP contribution in [0.25, 0.3) is 9.75 Å². The quantitative estimate of drug-likeness (QED) is 0.756. The summed E-state index contributed by atoms with van der Waals surface area (Å²) in [6, 6.07) is 3.93. The van der Waals surface area contributed by atoms with Crippen LogP contribution in [0.15, 0.2) is 17.5 Å². The average molecular weight is 239 g/mol. The predicted octanol–water partition coefficient (Wildman–Crippen LogP) is 2.97. The van der Waals surface area contributed by atoms with Crippen molar-refractivity contribution in [2.24, 2.45) is 0 Å². The lowest BCUT2D eigenvalue weighted by Crippen LogP contribution is -2.02. The van der Waals surface area contributed by atoms with Gasteiger partial charge in [-0.25, -0.2) is 9.78 Å². The Hall–Kier alpha value is -1.20. The summed E-state index contributed by atoms with van der Waals surface area (Å²) in [5.74, 6) is -0.372. The molecule has 2 heterocycles. The number of hydrogen-bond donors (Lipinski definition) is 0. The number of carbonyl (C=O) groups is 1. The Morgan fingerprint density at radius 3 is 2.93 bits per heavy atom. The fourth-order valence-electron chi connectivity index (χ4n) is 1.24. The van der Waals surface area contributed by atoms with Crippen molar-refractivity contribution >= 4 is 28.6 Å². The summed E-state index contributed by atoms with van der Waals surface area (Å²) in [5, 5.41) is 2.85. The normalized spacial score (nSPS) is 10.3. The molecule has 0 saturated carbocycles. The van der Waals surface area contributed by atoms with Crippen molar-refractivity contribution < 1.29 is 9.53 Å². The van der Waals surface area contributed by atoms with Crippen LogP contribution in [0.5, 0.6) is 0 Å². The van der Waals surface area contributed by atoms with Crippen LogP contribution in [0.2, 0.25) is 0 Å². The predicted molar refractivity (Wildman–Crippen MR) is 61.5 cm³/mol. The van der Waals surface area contributed by atoms with E-state index in [0.29, 0.717) is 5.69 Å². The first kappa shape index (κ1) is 10.3. The standard InChI is InChI=1S/C10H9NO2S2/c1-6-11-8(10(12)13-2)9(15-6)7-4-3-5-14-7/h3-5H,1-2H3. The van der Waals surface area contributed by atoms with Crippen molar-refractivity contribution in [1.82, 2.24) is 4.98 Å². The fourth-order valence-corrected chi connectivity index (χ4v) is 3.00. The summed E-state index contributed by atoms with van der Waals surface area (Å²) in [6.07, 6.45) is 0. The van der Waals surface area contributed by atoms with E-state index in [1.165, 1.54) is 18.4 Å². The number of esters is 1. The van der Waals surface area contributed by atoms with E-state index in [-0.39, 0.29) is 5.97 Å². The van der Waals surface area contributed by atoms with Gasteiger partial charge in [0, 0.05) is 4.88 Å². The molecule has 3 nitrogen and oxygen atoms in total. The number of ether oxygens (including phenoxy) is 1. The first-order valence-electron chi connectivity index (χ1n) is 4.32. The molecule has 0 radical (unpaired) electrons. The topological polar surface area (TPSA) is 39.2 Å². The zero-order valence-electron chi connectivity index (χ0n) is 8.31. The molecular weight excluding hydrogens is 230 g/mol. The molecule has 0 aliphatic rings. The second kappa shape index (κ2) is 4.12. The number of rotatable bonds is 2. The van der Waals surface area contributed by atoms with E-state index in [2.05, 4.69) is 4.98 Å². The number of methoxy groups -OCH3 is 1. The van der Waals surface area contributed by atoms with Crippen molar-refractivity contribution in [1.29, 1.82) is 0 Å². The Bertz CT molecular complexity index is 474. The number of thiophene rings is 1. The van der Waals surface area contributed by atoms with E-state index in [9.17, 15) is 4.79 Å². The third-order valence-corrected chi connectivity index (χ3v) is 3.88. The van der Waals surface area contributed by atoms with Crippen molar-refractivity contribution in [2.45, 2.75) is 6.92 Å². The van der Waals surface area contributed by atoms with Crippen molar-refractivity contribution in [2.75, 3.05) is 7.11 Å². The van der Waals surface area contributed by atoms with Crippen LogP contribution in [-0.4, -0.2) is 18.1 Å². The molecule has 0 bridgehead atoms. The van der Waals surface area contributed by atoms with Crippen LogP contribution < -0.4 is 0 Å². The molecule has 0 N–H and O–H groups in total. The lowest BCUT2D eigenvalue weighted by Gasteiger charge is -1.96. The monoisotopic (exact) mass is 239 g/mol. The van der Waals surface area contributed by atoms with Gasteiger partial charge in [0.2, 0.25) is 0 Å². The number of carbonyl (C=O) groups excluding carboxylic acids is 1. The van der Waals surface area contributed by atoms with Gasteiger partial charge in [0.15, 0.2) is 5.69 Å². The van der Waals surface area contributed by atoms with Crippen molar-refractivity contribution in [3.8, 4) is 9.75 Å². The molecule has 0 spiro atoms. The average Bonchev–Trinajstić information content (AvgIpc) is 2.84. The Morgan fingerprint density at radius 1 is 1.53 bits per heavy atom. The van der Waals surface area contributed by atoms with Gasteiger partial charge in [0.25, 0.3) is 0 Å². The molecule has 0 amide bonds. The molecule has 0 unspecified atom stereocenters. The van der Waals surface area contributed by atoms with Crippen LogP contribution in [0, 0.1) is 6.92 Å². The molecule has 2 aromatic heterocycles. The highest BCUT2D eigenvalue weighted by atomic mass is 32.1. The van der Waals surface area contributed by atoms with Crippen molar-refractivity contribution in [3.63, 3.8) is 0 Å². The van der Waals surface area contributed by atoms with Gasteiger partial charge in [-0.2, -0.15) is 0 Å². The largest absolute Gasteiger partial charge is 0.464 e. The number of aryl methyl sites for hydroxylation is 1. The molecule has 0 saturated heterocycles. The molecule has 2 aromatic rings. The highest BCUT2D eigenvalue weighted by Crippen LogP contribution is 2.33. The van der Waals surface area contributed by atoms with E-state index in [4.69, 9.17) is 4.74 Å². The Balaban J connectivity index is 2.52. The van der Waals surface area contributed by atoms with Gasteiger partial charge in [-0.05, 0) is 18.4 Å². The minimum atomic E-state index is -0.372. The molecular formula is C10H9NO2S2. The van der Waals surface area contributed by atoms with Crippen LogP contribution in [0.4, 0.5) is 0 Å². The Labute approximate surface area is 95.4 Å². The molecule has 78 valence electrons. The van der Waals surface area contributed by atoms with Crippen LogP contribution in [0.1, 0.15) is 15.5 Å². The SMILES string of the molecule is COC(=O)c1nc(C)sc1-c1cccs1. The second-order valence-corrected chi connectivity index (χ2v) is 5.03. The van der Waals surface area contributed by atoms with E-state index in [1.54, 1.807) is 11.3 Å². The Morgan fingerprint density at radius 2 is 2.33 bits per heavy atom. The summed E-state index contributed by atoms with van der Waals surface area (Å²) in [4.78, 5) is 17.6. The van der Waals surface area contributed by atoms with Gasteiger partial charge in [-0.3, -0.25) is 0 Å². The van der Waals surface area contributed by atoms with Gasteiger partial charge in [0.05, 0.1) is 17.0 Å². The zero-order chi connectivity index (χ0) is 10.8. The smallest absolute Gasteiger partial charge is 0.358 e. The molecule has 5 heteroatoms. The Kier molecular flexibility index (Phi) is 2.83. The highest BCUT2D eigenvalue weighted by Gasteiger charge is 2.18. The van der Waals surface area contributed by atoms with Gasteiger partial charge in [-0.1, -0.05) is 6.07 Å². The molecule has 0 atom stereocenters. The number of hydrogen-bond acceptors (Lipinski definition) is 5. The lowest BCUT2D eigenvalue weighted by atomic mass is 10.3. The lowest BCUT2D eigenvalue weighted by molar-refractivity contribution is 0.0595. The first-order valence-corrected chi connectivity index (χ1v) is 6.01. The maximum Gasteiger partial charge on any atom is 0.358 e.